The highest BCUT2D eigenvalue weighted by Gasteiger charge is 2.74. The fourth-order valence-electron chi connectivity index (χ4n) is 6.76. The second-order valence-corrected chi connectivity index (χ2v) is 13.7. The lowest BCUT2D eigenvalue weighted by atomic mass is 9.78. The van der Waals surface area contributed by atoms with Crippen LogP contribution in [0, 0.1) is 11.7 Å². The number of anilines is 1. The lowest BCUT2D eigenvalue weighted by Gasteiger charge is -2.44. The number of rotatable bonds is 5. The van der Waals surface area contributed by atoms with Crippen LogP contribution >= 0.6 is 0 Å². The van der Waals surface area contributed by atoms with Crippen LogP contribution in [0.1, 0.15) is 43.2 Å². The molecule has 45 heavy (non-hydrogen) atoms. The van der Waals surface area contributed by atoms with Crippen LogP contribution in [-0.4, -0.2) is 67.5 Å². The number of nitrogens with one attached hydrogen (secondary N) is 1. The van der Waals surface area contributed by atoms with E-state index in [-0.39, 0.29) is 25.0 Å². The molecule has 1 aliphatic carbocycles. The Bertz CT molecular complexity index is 1620. The molecule has 1 amide bonds. The van der Waals surface area contributed by atoms with Gasteiger partial charge in [0.1, 0.15) is 10.6 Å². The van der Waals surface area contributed by atoms with Crippen molar-refractivity contribution >= 4 is 27.4 Å². The van der Waals surface area contributed by atoms with Gasteiger partial charge in [0.15, 0.2) is 15.5 Å². The van der Waals surface area contributed by atoms with Crippen LogP contribution in [0.25, 0.3) is 0 Å². The van der Waals surface area contributed by atoms with Crippen molar-refractivity contribution in [3.05, 3.63) is 59.4 Å². The molecular weight excluding hydrogens is 647 g/mol. The Morgan fingerprint density at radius 3 is 2.11 bits per heavy atom. The quantitative estimate of drug-likeness (QED) is 0.390. The van der Waals surface area contributed by atoms with Crippen LogP contribution in [0.4, 0.5) is 45.2 Å². The van der Waals surface area contributed by atoms with Crippen LogP contribution in [0.2, 0.25) is 0 Å². The first kappa shape index (κ1) is 32.9. The maximum absolute atomic E-state index is 16.1. The van der Waals surface area contributed by atoms with E-state index in [1.165, 1.54) is 0 Å². The maximum Gasteiger partial charge on any atom is 0.435 e. The number of likely N-dealkylation sites (tertiary alicyclic amines) is 1. The number of carboxylic acid groups (broad SMARTS) is 1. The Balaban J connectivity index is 1.65. The summed E-state index contributed by atoms with van der Waals surface area (Å²) >= 11 is 0. The van der Waals surface area contributed by atoms with Crippen molar-refractivity contribution in [1.82, 2.24) is 4.90 Å². The fourth-order valence-corrected chi connectivity index (χ4v) is 9.10. The highest BCUT2D eigenvalue weighted by Crippen LogP contribution is 2.57. The molecule has 3 aliphatic rings. The first-order valence-corrected chi connectivity index (χ1v) is 15.1. The summed E-state index contributed by atoms with van der Waals surface area (Å²) in [5.41, 5.74) is -11.3. The number of benzene rings is 2. The minimum absolute atomic E-state index is 0.154. The molecule has 2 unspecified atom stereocenters. The summed E-state index contributed by atoms with van der Waals surface area (Å²) in [6, 6.07) is 3.07. The Morgan fingerprint density at radius 2 is 1.56 bits per heavy atom. The first-order chi connectivity index (χ1) is 20.7. The number of carbonyl (C=O) groups is 2. The number of aliphatic carboxylic acids is 1. The van der Waals surface area contributed by atoms with E-state index >= 15 is 4.39 Å². The molecule has 2 N–H and O–H groups in total. The maximum atomic E-state index is 16.1. The molecular formula is C28H25F9N2O5S. The zero-order chi connectivity index (χ0) is 33.4. The summed E-state index contributed by atoms with van der Waals surface area (Å²) in [5, 5.41) is 11.7. The highest BCUT2D eigenvalue weighted by molar-refractivity contribution is 7.92. The van der Waals surface area contributed by atoms with Gasteiger partial charge >= 0.3 is 24.0 Å². The van der Waals surface area contributed by atoms with Crippen molar-refractivity contribution < 1.29 is 62.6 Å². The molecule has 2 heterocycles. The number of hydrogen-bond acceptors (Lipinski definition) is 5. The van der Waals surface area contributed by atoms with Gasteiger partial charge in [-0.3, -0.25) is 9.59 Å². The Hall–Kier alpha value is -3.50. The van der Waals surface area contributed by atoms with Crippen molar-refractivity contribution in [3.8, 4) is 0 Å². The molecule has 246 valence electrons. The summed E-state index contributed by atoms with van der Waals surface area (Å²) in [7, 11) is -4.85. The monoisotopic (exact) mass is 672 g/mol. The van der Waals surface area contributed by atoms with Crippen molar-refractivity contribution in [3.63, 3.8) is 0 Å². The molecule has 0 bridgehead atoms. The third-order valence-corrected chi connectivity index (χ3v) is 11.7. The largest absolute Gasteiger partial charge is 0.481 e. The number of nitrogens with zero attached hydrogens (tertiary/aromatic N) is 1. The average Bonchev–Trinajstić information content (AvgIpc) is 3.36. The Labute approximate surface area is 250 Å². The number of amides is 1. The zero-order valence-electron chi connectivity index (χ0n) is 23.0. The van der Waals surface area contributed by atoms with Gasteiger partial charge in [-0.05, 0) is 61.9 Å². The SMILES string of the molecule is O=C(O)[C@H]1CC[C@](F)(C(=O)N2CCC3(S(=O)(=O)c4cccc(F)c4)c4ccc(C(F)(C(F)(F)F)C(F)(F)F)cc4NCC23)CC1. The van der Waals surface area contributed by atoms with Crippen LogP contribution < -0.4 is 5.32 Å². The predicted molar refractivity (Wildman–Crippen MR) is 139 cm³/mol. The van der Waals surface area contributed by atoms with E-state index in [9.17, 15) is 58.2 Å². The van der Waals surface area contributed by atoms with Crippen LogP contribution in [0.15, 0.2) is 47.4 Å². The molecule has 7 nitrogen and oxygen atoms in total. The van der Waals surface area contributed by atoms with E-state index in [2.05, 4.69) is 5.32 Å². The van der Waals surface area contributed by atoms with Gasteiger partial charge in [0, 0.05) is 24.3 Å². The fraction of sp³-hybridized carbons (Fsp3) is 0.500. The predicted octanol–water partition coefficient (Wildman–Crippen LogP) is 5.79. The Kier molecular flexibility index (Phi) is 7.69. The van der Waals surface area contributed by atoms with Crippen molar-refractivity contribution in [2.24, 2.45) is 5.92 Å². The van der Waals surface area contributed by atoms with E-state index in [1.807, 2.05) is 0 Å². The number of alkyl halides is 8. The number of halogens is 9. The summed E-state index contributed by atoms with van der Waals surface area (Å²) in [6.07, 6.45) is -14.8. The molecule has 1 saturated carbocycles. The number of sulfone groups is 1. The number of carboxylic acids is 1. The molecule has 0 aromatic heterocycles. The number of fused-ring (bicyclic) bond motifs is 3. The minimum Gasteiger partial charge on any atom is -0.481 e. The van der Waals surface area contributed by atoms with Crippen LogP contribution in [0.3, 0.4) is 0 Å². The molecule has 2 aromatic carbocycles. The van der Waals surface area contributed by atoms with Gasteiger partial charge in [0.05, 0.1) is 16.9 Å². The molecule has 2 aromatic rings. The standard InChI is InChI=1S/C28H25F9N2O5S/c29-17-2-1-3-18(13-17)45(43,44)25-10-11-39(23(42)24(30)8-6-15(7-9-24)22(40)41)21(25)14-38-20-12-16(4-5-19(20)25)26(31,27(32,33)34)28(35,36)37/h1-5,12-13,15,21,38H,6-11,14H2,(H,40,41)/t15-,21?,24+,25?. The molecule has 2 aliphatic heterocycles. The molecule has 1 saturated heterocycles. The van der Waals surface area contributed by atoms with E-state index in [1.54, 1.807) is 0 Å². The lowest BCUT2D eigenvalue weighted by molar-refractivity contribution is -0.348. The second kappa shape index (κ2) is 10.5. The van der Waals surface area contributed by atoms with Gasteiger partial charge in [-0.25, -0.2) is 21.6 Å². The molecule has 0 radical (unpaired) electrons. The van der Waals surface area contributed by atoms with Gasteiger partial charge in [0.2, 0.25) is 0 Å². The van der Waals surface area contributed by atoms with Crippen molar-refractivity contribution in [2.75, 3.05) is 18.4 Å². The topological polar surface area (TPSA) is 104 Å². The van der Waals surface area contributed by atoms with Crippen LogP contribution in [-0.2, 0) is 29.8 Å². The summed E-state index contributed by atoms with van der Waals surface area (Å²) in [5.74, 6) is -4.23. The second-order valence-electron chi connectivity index (χ2n) is 11.5. The average molecular weight is 673 g/mol. The van der Waals surface area contributed by atoms with Crippen LogP contribution in [0.5, 0.6) is 0 Å². The third-order valence-electron chi connectivity index (χ3n) is 9.14. The molecule has 17 heteroatoms. The van der Waals surface area contributed by atoms with Gasteiger partial charge in [-0.1, -0.05) is 18.2 Å². The first-order valence-electron chi connectivity index (χ1n) is 13.6. The van der Waals surface area contributed by atoms with Gasteiger partial charge < -0.3 is 15.3 Å². The number of hydrogen-bond donors (Lipinski definition) is 2. The Morgan fingerprint density at radius 1 is 0.933 bits per heavy atom. The molecule has 2 fully saturated rings. The van der Waals surface area contributed by atoms with E-state index in [0.29, 0.717) is 12.1 Å². The van der Waals surface area contributed by atoms with Gasteiger partial charge in [0.25, 0.3) is 5.91 Å². The highest BCUT2D eigenvalue weighted by atomic mass is 32.2. The normalized spacial score (nSPS) is 27.4. The molecule has 2 atom stereocenters. The zero-order valence-corrected chi connectivity index (χ0v) is 23.8. The van der Waals surface area contributed by atoms with E-state index < -0.39 is 122 Å². The van der Waals surface area contributed by atoms with Crippen molar-refractivity contribution in [2.45, 2.75) is 71.5 Å². The summed E-state index contributed by atoms with van der Waals surface area (Å²) < 4.78 is 153. The third kappa shape index (κ3) is 4.83. The number of carbonyl (C=O) groups excluding carboxylic acids is 1. The minimum atomic E-state index is -6.45. The van der Waals surface area contributed by atoms with E-state index in [4.69, 9.17) is 0 Å². The van der Waals surface area contributed by atoms with E-state index in [0.717, 1.165) is 23.1 Å². The van der Waals surface area contributed by atoms with Crippen molar-refractivity contribution in [1.29, 1.82) is 0 Å². The van der Waals surface area contributed by atoms with Gasteiger partial charge in [-0.2, -0.15) is 26.3 Å². The van der Waals surface area contributed by atoms with Gasteiger partial charge in [-0.15, -0.1) is 0 Å². The summed E-state index contributed by atoms with van der Waals surface area (Å²) in [6.45, 7) is -1.06. The lowest BCUT2D eigenvalue weighted by Crippen LogP contribution is -2.59. The smallest absolute Gasteiger partial charge is 0.435 e. The molecule has 0 spiro atoms. The summed E-state index contributed by atoms with van der Waals surface area (Å²) in [4.78, 5) is 25.3. The molecule has 5 rings (SSSR count).